The van der Waals surface area contributed by atoms with Crippen LogP contribution in [0.25, 0.3) is 0 Å². The van der Waals surface area contributed by atoms with Crippen molar-refractivity contribution < 1.29 is 9.84 Å². The van der Waals surface area contributed by atoms with E-state index in [0.29, 0.717) is 5.92 Å². The summed E-state index contributed by atoms with van der Waals surface area (Å²) in [5, 5.41) is 10.5. The van der Waals surface area contributed by atoms with Gasteiger partial charge in [0.05, 0.1) is 13.2 Å². The second kappa shape index (κ2) is 6.76. The van der Waals surface area contributed by atoms with Gasteiger partial charge in [-0.3, -0.25) is 0 Å². The Morgan fingerprint density at radius 1 is 1.32 bits per heavy atom. The van der Waals surface area contributed by atoms with E-state index in [1.807, 2.05) is 19.1 Å². The SMILES string of the molecule is COc1cc(C)c(Br)cc1C(O)CC1CCCCC1. The molecule has 0 amide bonds. The zero-order valence-electron chi connectivity index (χ0n) is 11.8. The van der Waals surface area contributed by atoms with Crippen LogP contribution in [0.1, 0.15) is 55.8 Å². The summed E-state index contributed by atoms with van der Waals surface area (Å²) in [6.07, 6.45) is 6.92. The number of aliphatic hydroxyl groups excluding tert-OH is 1. The predicted molar refractivity (Wildman–Crippen MR) is 81.6 cm³/mol. The summed E-state index contributed by atoms with van der Waals surface area (Å²) in [7, 11) is 1.67. The molecule has 1 aromatic carbocycles. The van der Waals surface area contributed by atoms with Gasteiger partial charge in [-0.15, -0.1) is 0 Å². The summed E-state index contributed by atoms with van der Waals surface area (Å²) in [5.74, 6) is 1.46. The minimum Gasteiger partial charge on any atom is -0.496 e. The van der Waals surface area contributed by atoms with Gasteiger partial charge in [0.2, 0.25) is 0 Å². The van der Waals surface area contributed by atoms with Gasteiger partial charge in [0.1, 0.15) is 5.75 Å². The van der Waals surface area contributed by atoms with Gasteiger partial charge in [-0.25, -0.2) is 0 Å². The van der Waals surface area contributed by atoms with E-state index in [0.717, 1.165) is 27.8 Å². The van der Waals surface area contributed by atoms with Crippen molar-refractivity contribution in [3.05, 3.63) is 27.7 Å². The quantitative estimate of drug-likeness (QED) is 0.863. The Morgan fingerprint density at radius 2 is 2.00 bits per heavy atom. The number of aliphatic hydroxyl groups is 1. The second-order valence-corrected chi connectivity index (χ2v) is 6.45. The van der Waals surface area contributed by atoms with Gasteiger partial charge < -0.3 is 9.84 Å². The highest BCUT2D eigenvalue weighted by Crippen LogP contribution is 2.37. The van der Waals surface area contributed by atoms with Crippen molar-refractivity contribution in [1.29, 1.82) is 0 Å². The van der Waals surface area contributed by atoms with Gasteiger partial charge >= 0.3 is 0 Å². The first kappa shape index (κ1) is 14.9. The molecule has 19 heavy (non-hydrogen) atoms. The molecule has 1 fully saturated rings. The topological polar surface area (TPSA) is 29.5 Å². The molecule has 1 aromatic rings. The Labute approximate surface area is 124 Å². The predicted octanol–water partition coefficient (Wildman–Crippen LogP) is 4.77. The molecule has 0 saturated heterocycles. The molecule has 0 aromatic heterocycles. The summed E-state index contributed by atoms with van der Waals surface area (Å²) in [4.78, 5) is 0. The van der Waals surface area contributed by atoms with Gasteiger partial charge in [0, 0.05) is 10.0 Å². The Kier molecular flexibility index (Phi) is 5.28. The smallest absolute Gasteiger partial charge is 0.125 e. The molecule has 1 unspecified atom stereocenters. The van der Waals surface area contributed by atoms with Crippen molar-refractivity contribution in [3.63, 3.8) is 0 Å². The van der Waals surface area contributed by atoms with Crippen LogP contribution in [-0.4, -0.2) is 12.2 Å². The van der Waals surface area contributed by atoms with E-state index in [4.69, 9.17) is 4.74 Å². The molecule has 0 aliphatic heterocycles. The number of hydrogen-bond acceptors (Lipinski definition) is 2. The zero-order valence-corrected chi connectivity index (χ0v) is 13.4. The molecule has 0 spiro atoms. The molecule has 0 heterocycles. The summed E-state index contributed by atoms with van der Waals surface area (Å²) in [6, 6.07) is 3.99. The molecular formula is C16H23BrO2. The summed E-state index contributed by atoms with van der Waals surface area (Å²) >= 11 is 3.54. The lowest BCUT2D eigenvalue weighted by Crippen LogP contribution is -2.12. The molecule has 2 nitrogen and oxygen atoms in total. The molecule has 0 radical (unpaired) electrons. The molecule has 1 atom stereocenters. The number of methoxy groups -OCH3 is 1. The van der Waals surface area contributed by atoms with Gasteiger partial charge in [0.15, 0.2) is 0 Å². The van der Waals surface area contributed by atoms with Crippen molar-refractivity contribution in [3.8, 4) is 5.75 Å². The van der Waals surface area contributed by atoms with Crippen molar-refractivity contribution in [2.24, 2.45) is 5.92 Å². The van der Waals surface area contributed by atoms with Crippen molar-refractivity contribution in [2.75, 3.05) is 7.11 Å². The van der Waals surface area contributed by atoms with Gasteiger partial charge in [-0.1, -0.05) is 48.0 Å². The third-order valence-corrected chi connectivity index (χ3v) is 5.01. The first-order valence-electron chi connectivity index (χ1n) is 7.14. The third kappa shape index (κ3) is 3.73. The lowest BCUT2D eigenvalue weighted by atomic mass is 9.84. The first-order chi connectivity index (χ1) is 9.11. The van der Waals surface area contributed by atoms with Crippen LogP contribution in [-0.2, 0) is 0 Å². The van der Waals surface area contributed by atoms with Crippen molar-refractivity contribution in [2.45, 2.75) is 51.6 Å². The molecule has 1 aliphatic carbocycles. The van der Waals surface area contributed by atoms with E-state index in [2.05, 4.69) is 15.9 Å². The van der Waals surface area contributed by atoms with E-state index >= 15 is 0 Å². The maximum absolute atomic E-state index is 10.5. The largest absolute Gasteiger partial charge is 0.496 e. The lowest BCUT2D eigenvalue weighted by molar-refractivity contribution is 0.128. The number of hydrogen-bond donors (Lipinski definition) is 1. The van der Waals surface area contributed by atoms with Crippen LogP contribution in [0.4, 0.5) is 0 Å². The number of aryl methyl sites for hydroxylation is 1. The molecular weight excluding hydrogens is 304 g/mol. The van der Waals surface area contributed by atoms with E-state index in [1.165, 1.54) is 32.1 Å². The average Bonchev–Trinajstić information content (AvgIpc) is 2.42. The number of halogens is 1. The van der Waals surface area contributed by atoms with Crippen LogP contribution >= 0.6 is 15.9 Å². The fraction of sp³-hybridized carbons (Fsp3) is 0.625. The highest BCUT2D eigenvalue weighted by atomic mass is 79.9. The molecule has 0 bridgehead atoms. The molecule has 2 rings (SSSR count). The van der Waals surface area contributed by atoms with Crippen LogP contribution in [0, 0.1) is 12.8 Å². The molecule has 1 aliphatic rings. The van der Waals surface area contributed by atoms with Gasteiger partial charge in [-0.2, -0.15) is 0 Å². The fourth-order valence-corrected chi connectivity index (χ4v) is 3.33. The number of rotatable bonds is 4. The van der Waals surface area contributed by atoms with Crippen LogP contribution < -0.4 is 4.74 Å². The third-order valence-electron chi connectivity index (χ3n) is 4.15. The molecule has 106 valence electrons. The van der Waals surface area contributed by atoms with Crippen molar-refractivity contribution >= 4 is 15.9 Å². The van der Waals surface area contributed by atoms with E-state index in [1.54, 1.807) is 7.11 Å². The van der Waals surface area contributed by atoms with Crippen molar-refractivity contribution in [1.82, 2.24) is 0 Å². The minimum atomic E-state index is -0.421. The standard InChI is InChI=1S/C16H23BrO2/c1-11-8-16(19-2)13(10-14(11)17)15(18)9-12-6-4-3-5-7-12/h8,10,12,15,18H,3-7,9H2,1-2H3. The maximum atomic E-state index is 10.5. The Morgan fingerprint density at radius 3 is 2.63 bits per heavy atom. The Hall–Kier alpha value is -0.540. The van der Waals surface area contributed by atoms with Crippen LogP contribution in [0.5, 0.6) is 5.75 Å². The fourth-order valence-electron chi connectivity index (χ4n) is 2.97. The van der Waals surface area contributed by atoms with Crippen LogP contribution in [0.3, 0.4) is 0 Å². The lowest BCUT2D eigenvalue weighted by Gasteiger charge is -2.25. The Balaban J connectivity index is 2.13. The molecule has 3 heteroatoms. The normalized spacial score (nSPS) is 18.3. The first-order valence-corrected chi connectivity index (χ1v) is 7.93. The average molecular weight is 327 g/mol. The van der Waals surface area contributed by atoms with Gasteiger partial charge in [-0.05, 0) is 37.0 Å². The maximum Gasteiger partial charge on any atom is 0.125 e. The molecule has 1 saturated carbocycles. The van der Waals surface area contributed by atoms with Crippen LogP contribution in [0.15, 0.2) is 16.6 Å². The van der Waals surface area contributed by atoms with Gasteiger partial charge in [0.25, 0.3) is 0 Å². The number of ether oxygens (including phenoxy) is 1. The minimum absolute atomic E-state index is 0.421. The van der Waals surface area contributed by atoms with E-state index in [-0.39, 0.29) is 0 Å². The van der Waals surface area contributed by atoms with E-state index < -0.39 is 6.10 Å². The molecule has 1 N–H and O–H groups in total. The zero-order chi connectivity index (χ0) is 13.8. The number of benzene rings is 1. The Bertz CT molecular complexity index is 425. The monoisotopic (exact) mass is 326 g/mol. The summed E-state index contributed by atoms with van der Waals surface area (Å²) in [6.45, 7) is 2.03. The van der Waals surface area contributed by atoms with Crippen LogP contribution in [0.2, 0.25) is 0 Å². The summed E-state index contributed by atoms with van der Waals surface area (Å²) < 4.78 is 6.44. The second-order valence-electron chi connectivity index (χ2n) is 5.60. The van der Waals surface area contributed by atoms with E-state index in [9.17, 15) is 5.11 Å². The highest BCUT2D eigenvalue weighted by Gasteiger charge is 2.21. The highest BCUT2D eigenvalue weighted by molar-refractivity contribution is 9.10. The summed E-state index contributed by atoms with van der Waals surface area (Å²) in [5.41, 5.74) is 2.04.